The minimum Gasteiger partial charge on any atom is -0.508 e. The van der Waals surface area contributed by atoms with Gasteiger partial charge in [0.15, 0.2) is 0 Å². The Morgan fingerprint density at radius 3 is 2.94 bits per heavy atom. The Hall–Kier alpha value is -1.22. The summed E-state index contributed by atoms with van der Waals surface area (Å²) in [5, 5.41) is 9.47. The topological polar surface area (TPSA) is 38.7 Å². The van der Waals surface area contributed by atoms with E-state index in [-0.39, 0.29) is 5.75 Å². The Morgan fingerprint density at radius 1 is 1.56 bits per heavy atom. The number of benzene rings is 1. The fourth-order valence-corrected chi connectivity index (χ4v) is 2.32. The average Bonchev–Trinajstić information content (AvgIpc) is 2.28. The highest BCUT2D eigenvalue weighted by Crippen LogP contribution is 2.43. The lowest BCUT2D eigenvalue weighted by molar-refractivity contribution is -0.180. The number of hydrogen-bond acceptors (Lipinski definition) is 3. The molecule has 1 aliphatic heterocycles. The lowest BCUT2D eigenvalue weighted by Gasteiger charge is -2.39. The van der Waals surface area contributed by atoms with E-state index in [1.807, 2.05) is 13.0 Å². The van der Waals surface area contributed by atoms with Crippen LogP contribution < -0.4 is 4.74 Å². The first kappa shape index (κ1) is 11.3. The van der Waals surface area contributed by atoms with Crippen LogP contribution in [0.3, 0.4) is 0 Å². The van der Waals surface area contributed by atoms with Crippen LogP contribution in [0, 0.1) is 0 Å². The number of methoxy groups -OCH3 is 1. The van der Waals surface area contributed by atoms with Gasteiger partial charge < -0.3 is 14.6 Å². The summed E-state index contributed by atoms with van der Waals surface area (Å²) in [5.41, 5.74) is 1.14. The van der Waals surface area contributed by atoms with Crippen LogP contribution in [0.25, 0.3) is 0 Å². The maximum absolute atomic E-state index is 9.47. The Balaban J connectivity index is 2.41. The fourth-order valence-electron chi connectivity index (χ4n) is 2.32. The van der Waals surface area contributed by atoms with Gasteiger partial charge in [0.25, 0.3) is 0 Å². The molecular formula is C13H18O3. The quantitative estimate of drug-likeness (QED) is 0.835. The van der Waals surface area contributed by atoms with Gasteiger partial charge in [0.2, 0.25) is 5.79 Å². The smallest absolute Gasteiger partial charge is 0.210 e. The lowest BCUT2D eigenvalue weighted by atomic mass is 9.88. The third-order valence-electron chi connectivity index (χ3n) is 3.35. The molecule has 0 spiro atoms. The number of rotatable bonds is 2. The van der Waals surface area contributed by atoms with Crippen molar-refractivity contribution in [3.8, 4) is 11.5 Å². The van der Waals surface area contributed by atoms with Gasteiger partial charge in [-0.1, -0.05) is 19.9 Å². The van der Waals surface area contributed by atoms with Crippen LogP contribution in [-0.2, 0) is 4.74 Å². The Morgan fingerprint density at radius 2 is 2.31 bits per heavy atom. The fraction of sp³-hybridized carbons (Fsp3) is 0.538. The number of phenolic OH excluding ortho intramolecular Hbond substituents is 1. The van der Waals surface area contributed by atoms with E-state index in [9.17, 15) is 5.11 Å². The Kier molecular flexibility index (Phi) is 2.80. The molecule has 2 atom stereocenters. The molecule has 0 saturated carbocycles. The van der Waals surface area contributed by atoms with Crippen LogP contribution in [-0.4, -0.2) is 18.0 Å². The van der Waals surface area contributed by atoms with E-state index >= 15 is 0 Å². The molecule has 0 bridgehead atoms. The molecule has 2 unspecified atom stereocenters. The van der Waals surface area contributed by atoms with Gasteiger partial charge in [0, 0.05) is 26.0 Å². The minimum atomic E-state index is -0.541. The third-order valence-corrected chi connectivity index (χ3v) is 3.35. The van der Waals surface area contributed by atoms with Crippen molar-refractivity contribution < 1.29 is 14.6 Å². The van der Waals surface area contributed by atoms with Gasteiger partial charge in [-0.15, -0.1) is 0 Å². The van der Waals surface area contributed by atoms with E-state index in [1.165, 1.54) is 0 Å². The number of fused-ring (bicyclic) bond motifs is 1. The average molecular weight is 222 g/mol. The molecule has 16 heavy (non-hydrogen) atoms. The molecule has 1 aromatic rings. The molecule has 0 saturated heterocycles. The van der Waals surface area contributed by atoms with Crippen molar-refractivity contribution in [2.24, 2.45) is 0 Å². The zero-order valence-corrected chi connectivity index (χ0v) is 9.99. The molecule has 2 rings (SSSR count). The molecule has 1 N–H and O–H groups in total. The predicted molar refractivity (Wildman–Crippen MR) is 61.8 cm³/mol. The molecule has 1 aliphatic rings. The van der Waals surface area contributed by atoms with Crippen LogP contribution in [0.4, 0.5) is 0 Å². The molecule has 1 heterocycles. The summed E-state index contributed by atoms with van der Waals surface area (Å²) in [6.45, 7) is 4.20. The number of ether oxygens (including phenoxy) is 2. The Bertz CT molecular complexity index is 383. The van der Waals surface area contributed by atoms with Gasteiger partial charge in [0.05, 0.1) is 0 Å². The molecule has 0 radical (unpaired) electrons. The third kappa shape index (κ3) is 1.76. The van der Waals surface area contributed by atoms with Crippen LogP contribution >= 0.6 is 0 Å². The second kappa shape index (κ2) is 3.98. The number of hydrogen-bond donors (Lipinski definition) is 1. The van der Waals surface area contributed by atoms with Gasteiger partial charge in [-0.05, 0) is 17.5 Å². The summed E-state index contributed by atoms with van der Waals surface area (Å²) in [7, 11) is 1.67. The molecule has 1 aromatic carbocycles. The number of phenols is 1. The zero-order chi connectivity index (χ0) is 11.8. The molecule has 88 valence electrons. The second-order valence-electron chi connectivity index (χ2n) is 4.40. The van der Waals surface area contributed by atoms with E-state index < -0.39 is 5.79 Å². The van der Waals surface area contributed by atoms with E-state index in [1.54, 1.807) is 19.2 Å². The summed E-state index contributed by atoms with van der Waals surface area (Å²) < 4.78 is 11.4. The van der Waals surface area contributed by atoms with Crippen LogP contribution in [0.5, 0.6) is 11.5 Å². The molecular weight excluding hydrogens is 204 g/mol. The largest absolute Gasteiger partial charge is 0.508 e. The summed E-state index contributed by atoms with van der Waals surface area (Å²) in [6.07, 6.45) is 1.64. The monoisotopic (exact) mass is 222 g/mol. The summed E-state index contributed by atoms with van der Waals surface area (Å²) in [4.78, 5) is 0. The standard InChI is InChI=1S/C13H18O3/c1-4-13(15-3)8-9(2)11-6-5-10(14)7-12(11)16-13/h5-7,9,14H,4,8H2,1-3H3. The second-order valence-corrected chi connectivity index (χ2v) is 4.40. The highest BCUT2D eigenvalue weighted by Gasteiger charge is 2.38. The van der Waals surface area contributed by atoms with Crippen molar-refractivity contribution in [3.63, 3.8) is 0 Å². The van der Waals surface area contributed by atoms with Crippen molar-refractivity contribution in [1.29, 1.82) is 0 Å². The van der Waals surface area contributed by atoms with E-state index in [0.29, 0.717) is 5.92 Å². The summed E-state index contributed by atoms with van der Waals surface area (Å²) in [6, 6.07) is 5.28. The maximum atomic E-state index is 9.47. The SMILES string of the molecule is CCC1(OC)CC(C)c2ccc(O)cc2O1. The van der Waals surface area contributed by atoms with Crippen molar-refractivity contribution in [2.45, 2.75) is 38.4 Å². The van der Waals surface area contributed by atoms with Crippen molar-refractivity contribution in [2.75, 3.05) is 7.11 Å². The van der Waals surface area contributed by atoms with Crippen molar-refractivity contribution >= 4 is 0 Å². The van der Waals surface area contributed by atoms with Crippen molar-refractivity contribution in [1.82, 2.24) is 0 Å². The minimum absolute atomic E-state index is 0.231. The van der Waals surface area contributed by atoms with Crippen LogP contribution in [0.1, 0.15) is 38.2 Å². The zero-order valence-electron chi connectivity index (χ0n) is 9.99. The van der Waals surface area contributed by atoms with Gasteiger partial charge in [0.1, 0.15) is 11.5 Å². The summed E-state index contributed by atoms with van der Waals surface area (Å²) >= 11 is 0. The first-order valence-corrected chi connectivity index (χ1v) is 5.67. The predicted octanol–water partition coefficient (Wildman–Crippen LogP) is 3.03. The Labute approximate surface area is 96.0 Å². The first-order chi connectivity index (χ1) is 7.60. The van der Waals surface area contributed by atoms with Gasteiger partial charge >= 0.3 is 0 Å². The maximum Gasteiger partial charge on any atom is 0.210 e. The summed E-state index contributed by atoms with van der Waals surface area (Å²) in [5.74, 6) is 0.806. The lowest BCUT2D eigenvalue weighted by Crippen LogP contribution is -2.41. The molecule has 3 heteroatoms. The van der Waals surface area contributed by atoms with Crippen molar-refractivity contribution in [3.05, 3.63) is 23.8 Å². The highest BCUT2D eigenvalue weighted by atomic mass is 16.7. The van der Waals surface area contributed by atoms with E-state index in [4.69, 9.17) is 9.47 Å². The van der Waals surface area contributed by atoms with Gasteiger partial charge in [-0.2, -0.15) is 0 Å². The molecule has 0 fully saturated rings. The molecule has 0 aromatic heterocycles. The van der Waals surface area contributed by atoms with Gasteiger partial charge in [-0.3, -0.25) is 0 Å². The number of aromatic hydroxyl groups is 1. The van der Waals surface area contributed by atoms with E-state index in [2.05, 4.69) is 6.92 Å². The van der Waals surface area contributed by atoms with Gasteiger partial charge in [-0.25, -0.2) is 0 Å². The molecule has 0 amide bonds. The van der Waals surface area contributed by atoms with E-state index in [0.717, 1.165) is 24.2 Å². The molecule has 3 nitrogen and oxygen atoms in total. The first-order valence-electron chi connectivity index (χ1n) is 5.67. The van der Waals surface area contributed by atoms with Crippen LogP contribution in [0.15, 0.2) is 18.2 Å². The highest BCUT2D eigenvalue weighted by molar-refractivity contribution is 5.43. The molecule has 0 aliphatic carbocycles. The van der Waals surface area contributed by atoms with Crippen LogP contribution in [0.2, 0.25) is 0 Å². The normalized spacial score (nSPS) is 28.3.